The van der Waals surface area contributed by atoms with E-state index < -0.39 is 5.82 Å². The molecule has 0 spiro atoms. The second kappa shape index (κ2) is 4.91. The molecule has 0 fully saturated rings. The van der Waals surface area contributed by atoms with E-state index in [-0.39, 0.29) is 12.4 Å². The minimum Gasteiger partial charge on any atom is -0.475 e. The second-order valence-electron chi connectivity index (χ2n) is 3.50. The highest BCUT2D eigenvalue weighted by molar-refractivity contribution is 5.23. The molecule has 1 aromatic heterocycles. The summed E-state index contributed by atoms with van der Waals surface area (Å²) in [4.78, 5) is 3.81. The SMILES string of the molecule is CC(C)COc1nccc(CN)c1F. The third kappa shape index (κ3) is 2.67. The van der Waals surface area contributed by atoms with Gasteiger partial charge in [0.25, 0.3) is 5.88 Å². The van der Waals surface area contributed by atoms with Crippen LogP contribution in [0.2, 0.25) is 0 Å². The molecule has 2 N–H and O–H groups in total. The zero-order valence-corrected chi connectivity index (χ0v) is 8.46. The maximum absolute atomic E-state index is 13.5. The number of aromatic nitrogens is 1. The van der Waals surface area contributed by atoms with Crippen molar-refractivity contribution in [2.75, 3.05) is 6.61 Å². The normalized spacial score (nSPS) is 10.6. The Labute approximate surface area is 83.1 Å². The molecule has 1 aromatic rings. The number of nitrogens with two attached hydrogens (primary N) is 1. The first kappa shape index (κ1) is 10.9. The van der Waals surface area contributed by atoms with Crippen molar-refractivity contribution in [3.05, 3.63) is 23.6 Å². The van der Waals surface area contributed by atoms with Crippen molar-refractivity contribution in [2.24, 2.45) is 11.7 Å². The highest BCUT2D eigenvalue weighted by Gasteiger charge is 2.09. The molecule has 78 valence electrons. The number of nitrogens with zero attached hydrogens (tertiary/aromatic N) is 1. The molecule has 0 aliphatic carbocycles. The van der Waals surface area contributed by atoms with E-state index in [2.05, 4.69) is 4.98 Å². The summed E-state index contributed by atoms with van der Waals surface area (Å²) in [5, 5.41) is 0. The van der Waals surface area contributed by atoms with E-state index in [0.717, 1.165) is 0 Å². The summed E-state index contributed by atoms with van der Waals surface area (Å²) in [6.45, 7) is 4.60. The van der Waals surface area contributed by atoms with Gasteiger partial charge < -0.3 is 10.5 Å². The molecule has 0 unspecified atom stereocenters. The number of ether oxygens (including phenoxy) is 1. The van der Waals surface area contributed by atoms with Crippen LogP contribution < -0.4 is 10.5 Å². The molecule has 0 amide bonds. The molecule has 0 bridgehead atoms. The van der Waals surface area contributed by atoms with Crippen molar-refractivity contribution in [3.63, 3.8) is 0 Å². The lowest BCUT2D eigenvalue weighted by molar-refractivity contribution is 0.248. The Balaban J connectivity index is 2.76. The highest BCUT2D eigenvalue weighted by atomic mass is 19.1. The Morgan fingerprint density at radius 2 is 2.29 bits per heavy atom. The Morgan fingerprint density at radius 1 is 1.57 bits per heavy atom. The molecule has 0 radical (unpaired) electrons. The quantitative estimate of drug-likeness (QED) is 0.801. The number of halogens is 1. The number of rotatable bonds is 4. The average molecular weight is 198 g/mol. The molecule has 0 saturated heterocycles. The summed E-state index contributed by atoms with van der Waals surface area (Å²) in [6.07, 6.45) is 1.50. The lowest BCUT2D eigenvalue weighted by atomic mass is 10.2. The standard InChI is InChI=1S/C10H15FN2O/c1-7(2)6-14-10-9(11)8(5-12)3-4-13-10/h3-4,7H,5-6,12H2,1-2H3. The molecule has 4 heteroatoms. The molecule has 0 saturated carbocycles. The van der Waals surface area contributed by atoms with Crippen LogP contribution in [0.15, 0.2) is 12.3 Å². The minimum absolute atomic E-state index is 0.0432. The van der Waals surface area contributed by atoms with Gasteiger partial charge in [0, 0.05) is 18.3 Å². The topological polar surface area (TPSA) is 48.1 Å². The van der Waals surface area contributed by atoms with E-state index in [0.29, 0.717) is 18.1 Å². The summed E-state index contributed by atoms with van der Waals surface area (Å²) >= 11 is 0. The van der Waals surface area contributed by atoms with Crippen LogP contribution in [-0.2, 0) is 6.54 Å². The number of pyridine rings is 1. The third-order valence-corrected chi connectivity index (χ3v) is 1.71. The van der Waals surface area contributed by atoms with Gasteiger partial charge in [-0.2, -0.15) is 0 Å². The lowest BCUT2D eigenvalue weighted by Crippen LogP contribution is -2.09. The van der Waals surface area contributed by atoms with Gasteiger partial charge >= 0.3 is 0 Å². The smallest absolute Gasteiger partial charge is 0.250 e. The van der Waals surface area contributed by atoms with Gasteiger partial charge in [0.2, 0.25) is 0 Å². The first-order valence-electron chi connectivity index (χ1n) is 4.61. The van der Waals surface area contributed by atoms with Crippen LogP contribution in [0.5, 0.6) is 5.88 Å². The predicted molar refractivity (Wildman–Crippen MR) is 52.4 cm³/mol. The molecule has 0 aliphatic heterocycles. The molecule has 0 atom stereocenters. The van der Waals surface area contributed by atoms with Gasteiger partial charge in [0.05, 0.1) is 6.61 Å². The van der Waals surface area contributed by atoms with E-state index in [1.165, 1.54) is 6.20 Å². The maximum Gasteiger partial charge on any atom is 0.250 e. The Kier molecular flexibility index (Phi) is 3.83. The Hall–Kier alpha value is -1.16. The summed E-state index contributed by atoms with van der Waals surface area (Å²) in [5.74, 6) is -0.0602. The zero-order valence-electron chi connectivity index (χ0n) is 8.46. The van der Waals surface area contributed by atoms with Crippen LogP contribution in [-0.4, -0.2) is 11.6 Å². The summed E-state index contributed by atoms with van der Waals surface area (Å²) < 4.78 is 18.7. The summed E-state index contributed by atoms with van der Waals surface area (Å²) in [7, 11) is 0. The monoisotopic (exact) mass is 198 g/mol. The molecular weight excluding hydrogens is 183 g/mol. The van der Waals surface area contributed by atoms with E-state index in [9.17, 15) is 4.39 Å². The van der Waals surface area contributed by atoms with Crippen LogP contribution >= 0.6 is 0 Å². The predicted octanol–water partition coefficient (Wildman–Crippen LogP) is 1.71. The first-order valence-corrected chi connectivity index (χ1v) is 4.61. The molecule has 1 rings (SSSR count). The van der Waals surface area contributed by atoms with Gasteiger partial charge in [-0.1, -0.05) is 13.8 Å². The Morgan fingerprint density at radius 3 is 2.86 bits per heavy atom. The van der Waals surface area contributed by atoms with Crippen LogP contribution in [0.4, 0.5) is 4.39 Å². The lowest BCUT2D eigenvalue weighted by Gasteiger charge is -2.09. The van der Waals surface area contributed by atoms with E-state index in [1.807, 2.05) is 13.8 Å². The number of hydrogen-bond donors (Lipinski definition) is 1. The Bertz CT molecular complexity index is 302. The molecule has 3 nitrogen and oxygen atoms in total. The second-order valence-corrected chi connectivity index (χ2v) is 3.50. The molecule has 0 aliphatic rings. The molecular formula is C10H15FN2O. The van der Waals surface area contributed by atoms with Gasteiger partial charge in [0.1, 0.15) is 0 Å². The van der Waals surface area contributed by atoms with Crippen molar-refractivity contribution >= 4 is 0 Å². The molecule has 1 heterocycles. The number of hydrogen-bond acceptors (Lipinski definition) is 3. The van der Waals surface area contributed by atoms with E-state index in [4.69, 9.17) is 10.5 Å². The summed E-state index contributed by atoms with van der Waals surface area (Å²) in [6, 6.07) is 1.55. The van der Waals surface area contributed by atoms with Crippen molar-refractivity contribution in [3.8, 4) is 5.88 Å². The summed E-state index contributed by atoms with van der Waals surface area (Å²) in [5.41, 5.74) is 5.78. The fourth-order valence-corrected chi connectivity index (χ4v) is 0.966. The largest absolute Gasteiger partial charge is 0.475 e. The van der Waals surface area contributed by atoms with Crippen molar-refractivity contribution in [1.82, 2.24) is 4.98 Å². The molecule has 0 aromatic carbocycles. The fraction of sp³-hybridized carbons (Fsp3) is 0.500. The zero-order chi connectivity index (χ0) is 10.6. The minimum atomic E-state index is -0.448. The van der Waals surface area contributed by atoms with E-state index >= 15 is 0 Å². The van der Waals surface area contributed by atoms with Crippen LogP contribution in [0.3, 0.4) is 0 Å². The maximum atomic E-state index is 13.5. The van der Waals surface area contributed by atoms with Crippen LogP contribution in [0.1, 0.15) is 19.4 Å². The first-order chi connectivity index (χ1) is 6.65. The fourth-order valence-electron chi connectivity index (χ4n) is 0.966. The van der Waals surface area contributed by atoms with Crippen molar-refractivity contribution in [2.45, 2.75) is 20.4 Å². The van der Waals surface area contributed by atoms with Gasteiger partial charge in [-0.15, -0.1) is 0 Å². The van der Waals surface area contributed by atoms with Crippen molar-refractivity contribution < 1.29 is 9.13 Å². The van der Waals surface area contributed by atoms with Gasteiger partial charge in [-0.3, -0.25) is 0 Å². The third-order valence-electron chi connectivity index (χ3n) is 1.71. The highest BCUT2D eigenvalue weighted by Crippen LogP contribution is 2.17. The average Bonchev–Trinajstić information content (AvgIpc) is 2.16. The van der Waals surface area contributed by atoms with Crippen LogP contribution in [0.25, 0.3) is 0 Å². The van der Waals surface area contributed by atoms with Crippen molar-refractivity contribution in [1.29, 1.82) is 0 Å². The van der Waals surface area contributed by atoms with Gasteiger partial charge in [0.15, 0.2) is 5.82 Å². The van der Waals surface area contributed by atoms with Crippen LogP contribution in [0, 0.1) is 11.7 Å². The van der Waals surface area contributed by atoms with Gasteiger partial charge in [-0.05, 0) is 12.0 Å². The van der Waals surface area contributed by atoms with Gasteiger partial charge in [-0.25, -0.2) is 9.37 Å². The van der Waals surface area contributed by atoms with E-state index in [1.54, 1.807) is 6.07 Å². The molecule has 14 heavy (non-hydrogen) atoms.